The fraction of sp³-hybridized carbons (Fsp3) is 0.200. The van der Waals surface area contributed by atoms with E-state index in [4.69, 9.17) is 12.2 Å². The van der Waals surface area contributed by atoms with E-state index in [1.807, 2.05) is 0 Å². The van der Waals surface area contributed by atoms with Gasteiger partial charge in [0.15, 0.2) is 0 Å². The zero-order chi connectivity index (χ0) is 10.8. The largest absolute Gasteiger partial charge is 0.416 e. The molecule has 1 rings (SSSR count). The molecule has 74 valence electrons. The van der Waals surface area contributed by atoms with Crippen LogP contribution in [0, 0.1) is 12.3 Å². The molecule has 0 radical (unpaired) electrons. The Morgan fingerprint density at radius 3 is 2.36 bits per heavy atom. The quantitative estimate of drug-likeness (QED) is 0.690. The maximum atomic E-state index is 12.4. The minimum absolute atomic E-state index is 0.0671. The van der Waals surface area contributed by atoms with Crippen LogP contribution in [-0.4, -0.2) is 0 Å². The number of hydrogen-bond donors (Lipinski definition) is 1. The topological polar surface area (TPSA) is 26.0 Å². The van der Waals surface area contributed by atoms with Gasteiger partial charge in [0, 0.05) is 0 Å². The first-order valence-electron chi connectivity index (χ1n) is 3.84. The molecule has 1 atom stereocenters. The van der Waals surface area contributed by atoms with Gasteiger partial charge in [-0.3, -0.25) is 0 Å². The normalized spacial score (nSPS) is 13.4. The minimum Gasteiger partial charge on any atom is -0.314 e. The smallest absolute Gasteiger partial charge is 0.314 e. The van der Waals surface area contributed by atoms with Gasteiger partial charge in [-0.05, 0) is 11.6 Å². The van der Waals surface area contributed by atoms with Crippen LogP contribution < -0.4 is 5.73 Å². The number of halogens is 3. The van der Waals surface area contributed by atoms with Crippen molar-refractivity contribution in [2.75, 3.05) is 0 Å². The summed E-state index contributed by atoms with van der Waals surface area (Å²) >= 11 is 0. The standard InChI is InChI=1S/C10H8F3N/c1-2-9(14)7-5-3-4-6-8(7)10(11,12)13/h1,3-6,9H,14H2. The predicted octanol–water partition coefficient (Wildman–Crippen LogP) is 2.34. The van der Waals surface area contributed by atoms with Crippen LogP contribution in [0.2, 0.25) is 0 Å². The Balaban J connectivity index is 3.25. The maximum Gasteiger partial charge on any atom is 0.416 e. The molecule has 4 heteroatoms. The van der Waals surface area contributed by atoms with Crippen LogP contribution in [0.25, 0.3) is 0 Å². The molecule has 1 unspecified atom stereocenters. The molecule has 0 saturated carbocycles. The molecule has 1 aromatic carbocycles. The summed E-state index contributed by atoms with van der Waals surface area (Å²) < 4.78 is 37.3. The van der Waals surface area contributed by atoms with Gasteiger partial charge >= 0.3 is 6.18 Å². The molecule has 0 spiro atoms. The van der Waals surface area contributed by atoms with Crippen LogP contribution in [0.5, 0.6) is 0 Å². The van der Waals surface area contributed by atoms with E-state index in [9.17, 15) is 13.2 Å². The number of hydrogen-bond acceptors (Lipinski definition) is 1. The fourth-order valence-electron chi connectivity index (χ4n) is 1.12. The van der Waals surface area contributed by atoms with Crippen LogP contribution >= 0.6 is 0 Å². The Kier molecular flexibility index (Phi) is 2.82. The molecule has 0 amide bonds. The first-order valence-corrected chi connectivity index (χ1v) is 3.84. The van der Waals surface area contributed by atoms with Gasteiger partial charge in [-0.15, -0.1) is 6.42 Å². The van der Waals surface area contributed by atoms with Crippen LogP contribution in [0.3, 0.4) is 0 Å². The zero-order valence-electron chi connectivity index (χ0n) is 7.18. The van der Waals surface area contributed by atoms with Crippen molar-refractivity contribution in [3.63, 3.8) is 0 Å². The number of terminal acetylenes is 1. The summed E-state index contributed by atoms with van der Waals surface area (Å²) in [6, 6.07) is 4.00. The Morgan fingerprint density at radius 2 is 1.86 bits per heavy atom. The van der Waals surface area contributed by atoms with Gasteiger partial charge in [-0.1, -0.05) is 24.1 Å². The molecular formula is C10H8F3N. The Labute approximate surface area is 79.7 Å². The lowest BCUT2D eigenvalue weighted by Gasteiger charge is -2.14. The van der Waals surface area contributed by atoms with Gasteiger partial charge in [0.05, 0.1) is 11.6 Å². The Hall–Kier alpha value is -1.47. The van der Waals surface area contributed by atoms with Crippen molar-refractivity contribution in [2.24, 2.45) is 5.73 Å². The number of rotatable bonds is 1. The first-order chi connectivity index (χ1) is 6.46. The maximum absolute atomic E-state index is 12.4. The molecular weight excluding hydrogens is 191 g/mol. The van der Waals surface area contributed by atoms with Crippen LogP contribution in [0.1, 0.15) is 17.2 Å². The number of nitrogens with two attached hydrogens (primary N) is 1. The summed E-state index contributed by atoms with van der Waals surface area (Å²) in [5.74, 6) is 2.07. The highest BCUT2D eigenvalue weighted by atomic mass is 19.4. The summed E-state index contributed by atoms with van der Waals surface area (Å²) in [6.07, 6.45) is 0.562. The molecule has 0 aliphatic heterocycles. The van der Waals surface area contributed by atoms with Gasteiger partial charge in [-0.25, -0.2) is 0 Å². The van der Waals surface area contributed by atoms with E-state index >= 15 is 0 Å². The van der Waals surface area contributed by atoms with Gasteiger partial charge in [0.2, 0.25) is 0 Å². The lowest BCUT2D eigenvalue weighted by molar-refractivity contribution is -0.138. The van der Waals surface area contributed by atoms with Gasteiger partial charge in [0.1, 0.15) is 0 Å². The second-order valence-electron chi connectivity index (χ2n) is 2.73. The van der Waals surface area contributed by atoms with E-state index in [1.54, 1.807) is 0 Å². The molecule has 0 aliphatic carbocycles. The van der Waals surface area contributed by atoms with Crippen molar-refractivity contribution in [1.82, 2.24) is 0 Å². The molecule has 14 heavy (non-hydrogen) atoms. The van der Waals surface area contributed by atoms with E-state index in [0.29, 0.717) is 0 Å². The lowest BCUT2D eigenvalue weighted by Crippen LogP contribution is -2.15. The molecule has 0 aliphatic rings. The average molecular weight is 199 g/mol. The van der Waals surface area contributed by atoms with E-state index < -0.39 is 17.8 Å². The summed E-state index contributed by atoms with van der Waals surface area (Å²) in [7, 11) is 0. The van der Waals surface area contributed by atoms with E-state index in [0.717, 1.165) is 6.07 Å². The van der Waals surface area contributed by atoms with Gasteiger partial charge in [0.25, 0.3) is 0 Å². The fourth-order valence-corrected chi connectivity index (χ4v) is 1.12. The second kappa shape index (κ2) is 3.72. The SMILES string of the molecule is C#CC(N)c1ccccc1C(F)(F)F. The van der Waals surface area contributed by atoms with Gasteiger partial charge in [-0.2, -0.15) is 13.2 Å². The van der Waals surface area contributed by atoms with Crippen molar-refractivity contribution < 1.29 is 13.2 Å². The third kappa shape index (κ3) is 2.06. The van der Waals surface area contributed by atoms with Crippen molar-refractivity contribution in [1.29, 1.82) is 0 Å². The van der Waals surface area contributed by atoms with Gasteiger partial charge < -0.3 is 5.73 Å². The van der Waals surface area contributed by atoms with Crippen LogP contribution in [-0.2, 0) is 6.18 Å². The van der Waals surface area contributed by atoms with Crippen molar-refractivity contribution >= 4 is 0 Å². The van der Waals surface area contributed by atoms with Crippen molar-refractivity contribution in [3.05, 3.63) is 35.4 Å². The first kappa shape index (κ1) is 10.6. The molecule has 0 fully saturated rings. The second-order valence-corrected chi connectivity index (χ2v) is 2.73. The third-order valence-electron chi connectivity index (χ3n) is 1.78. The van der Waals surface area contributed by atoms with E-state index in [1.165, 1.54) is 18.2 Å². The van der Waals surface area contributed by atoms with E-state index in [-0.39, 0.29) is 5.56 Å². The predicted molar refractivity (Wildman–Crippen MR) is 47.2 cm³/mol. The Bertz CT molecular complexity index is 362. The van der Waals surface area contributed by atoms with Crippen LogP contribution in [0.15, 0.2) is 24.3 Å². The highest BCUT2D eigenvalue weighted by molar-refractivity contribution is 5.35. The Morgan fingerprint density at radius 1 is 1.29 bits per heavy atom. The molecule has 1 nitrogen and oxygen atoms in total. The zero-order valence-corrected chi connectivity index (χ0v) is 7.18. The minimum atomic E-state index is -4.41. The third-order valence-corrected chi connectivity index (χ3v) is 1.78. The molecule has 2 N–H and O–H groups in total. The number of benzene rings is 1. The monoisotopic (exact) mass is 199 g/mol. The summed E-state index contributed by atoms with van der Waals surface area (Å²) in [4.78, 5) is 0. The molecule has 0 bridgehead atoms. The summed E-state index contributed by atoms with van der Waals surface area (Å²) in [5, 5.41) is 0. The van der Waals surface area contributed by atoms with E-state index in [2.05, 4.69) is 5.92 Å². The molecule has 1 aromatic rings. The van der Waals surface area contributed by atoms with Crippen molar-refractivity contribution in [2.45, 2.75) is 12.2 Å². The summed E-state index contributed by atoms with van der Waals surface area (Å²) in [6.45, 7) is 0. The van der Waals surface area contributed by atoms with Crippen molar-refractivity contribution in [3.8, 4) is 12.3 Å². The highest BCUT2D eigenvalue weighted by Crippen LogP contribution is 2.33. The number of alkyl halides is 3. The van der Waals surface area contributed by atoms with Crippen LogP contribution in [0.4, 0.5) is 13.2 Å². The lowest BCUT2D eigenvalue weighted by atomic mass is 10.0. The molecule has 0 heterocycles. The molecule has 0 aromatic heterocycles. The molecule has 0 saturated heterocycles. The highest BCUT2D eigenvalue weighted by Gasteiger charge is 2.33. The average Bonchev–Trinajstić information content (AvgIpc) is 2.15. The summed E-state index contributed by atoms with van der Waals surface area (Å²) in [5.41, 5.74) is 4.52.